The molecule has 2 aromatic rings. The number of carbonyl (C=O) groups excluding carboxylic acids is 1. The number of primary amides is 1. The van der Waals surface area contributed by atoms with E-state index in [0.717, 1.165) is 29.0 Å². The van der Waals surface area contributed by atoms with Crippen LogP contribution in [0.5, 0.6) is 0 Å². The Kier molecular flexibility index (Phi) is 4.48. The quantitative estimate of drug-likeness (QED) is 0.829. The van der Waals surface area contributed by atoms with Gasteiger partial charge in [0.05, 0.1) is 11.3 Å². The average Bonchev–Trinajstić information content (AvgIpc) is 2.46. The Morgan fingerprint density at radius 2 is 1.81 bits per heavy atom. The number of nitrogens with two attached hydrogens (primary N) is 2. The summed E-state index contributed by atoms with van der Waals surface area (Å²) in [4.78, 5) is 13.8. The SMILES string of the molecule is CCN(Cc1ccc(N)cc1)c1cc(C)ccc1C(N)=O. The van der Waals surface area contributed by atoms with Crippen LogP contribution in [0.25, 0.3) is 0 Å². The zero-order valence-electron chi connectivity index (χ0n) is 12.5. The Hall–Kier alpha value is -2.49. The Labute approximate surface area is 125 Å². The third kappa shape index (κ3) is 3.54. The number of carbonyl (C=O) groups is 1. The second-order valence-corrected chi connectivity index (χ2v) is 5.14. The third-order valence-electron chi connectivity index (χ3n) is 3.49. The highest BCUT2D eigenvalue weighted by Crippen LogP contribution is 2.24. The van der Waals surface area contributed by atoms with Gasteiger partial charge in [0.1, 0.15) is 0 Å². The number of rotatable bonds is 5. The van der Waals surface area contributed by atoms with Gasteiger partial charge >= 0.3 is 0 Å². The molecule has 4 N–H and O–H groups in total. The van der Waals surface area contributed by atoms with Crippen molar-refractivity contribution in [2.45, 2.75) is 20.4 Å². The summed E-state index contributed by atoms with van der Waals surface area (Å²) in [5.41, 5.74) is 15.6. The molecule has 0 saturated heterocycles. The molecular weight excluding hydrogens is 262 g/mol. The van der Waals surface area contributed by atoms with E-state index in [1.54, 1.807) is 6.07 Å². The summed E-state index contributed by atoms with van der Waals surface area (Å²) in [6.45, 7) is 5.56. The predicted molar refractivity (Wildman–Crippen MR) is 87.3 cm³/mol. The van der Waals surface area contributed by atoms with Gasteiger partial charge in [0, 0.05) is 18.8 Å². The lowest BCUT2D eigenvalue weighted by Crippen LogP contribution is -2.26. The summed E-state index contributed by atoms with van der Waals surface area (Å²) in [6.07, 6.45) is 0. The van der Waals surface area contributed by atoms with Gasteiger partial charge in [-0.05, 0) is 49.2 Å². The van der Waals surface area contributed by atoms with E-state index in [-0.39, 0.29) is 0 Å². The Balaban J connectivity index is 2.34. The molecule has 0 aliphatic heterocycles. The van der Waals surface area contributed by atoms with Gasteiger partial charge in [0.2, 0.25) is 0 Å². The van der Waals surface area contributed by atoms with Crippen molar-refractivity contribution >= 4 is 17.3 Å². The van der Waals surface area contributed by atoms with Crippen LogP contribution in [-0.2, 0) is 6.54 Å². The number of amides is 1. The first kappa shape index (κ1) is 14.9. The van der Waals surface area contributed by atoms with Gasteiger partial charge in [-0.1, -0.05) is 18.2 Å². The second kappa shape index (κ2) is 6.31. The van der Waals surface area contributed by atoms with Crippen molar-refractivity contribution in [2.75, 3.05) is 17.2 Å². The summed E-state index contributed by atoms with van der Waals surface area (Å²) in [6, 6.07) is 13.5. The number of benzene rings is 2. The minimum absolute atomic E-state index is 0.402. The minimum Gasteiger partial charge on any atom is -0.399 e. The van der Waals surface area contributed by atoms with Gasteiger partial charge in [0.25, 0.3) is 5.91 Å². The normalized spacial score (nSPS) is 10.4. The summed E-state index contributed by atoms with van der Waals surface area (Å²) in [7, 11) is 0. The maximum Gasteiger partial charge on any atom is 0.250 e. The van der Waals surface area contributed by atoms with E-state index in [1.807, 2.05) is 43.3 Å². The summed E-state index contributed by atoms with van der Waals surface area (Å²) in [5.74, 6) is -0.402. The Morgan fingerprint density at radius 3 is 2.38 bits per heavy atom. The van der Waals surface area contributed by atoms with Crippen LogP contribution in [-0.4, -0.2) is 12.5 Å². The molecule has 0 radical (unpaired) electrons. The molecule has 2 aromatic carbocycles. The fourth-order valence-corrected chi connectivity index (χ4v) is 2.32. The van der Waals surface area contributed by atoms with Crippen LogP contribution in [0.3, 0.4) is 0 Å². The molecule has 4 heteroatoms. The third-order valence-corrected chi connectivity index (χ3v) is 3.49. The topological polar surface area (TPSA) is 72.3 Å². The lowest BCUT2D eigenvalue weighted by atomic mass is 10.1. The van der Waals surface area contributed by atoms with Gasteiger partial charge in [-0.15, -0.1) is 0 Å². The molecule has 0 bridgehead atoms. The zero-order chi connectivity index (χ0) is 15.4. The first-order valence-electron chi connectivity index (χ1n) is 7.01. The average molecular weight is 283 g/mol. The lowest BCUT2D eigenvalue weighted by Gasteiger charge is -2.25. The molecule has 0 aliphatic carbocycles. The molecule has 0 saturated carbocycles. The number of hydrogen-bond donors (Lipinski definition) is 2. The summed E-state index contributed by atoms with van der Waals surface area (Å²) in [5, 5.41) is 0. The van der Waals surface area contributed by atoms with Crippen molar-refractivity contribution < 1.29 is 4.79 Å². The zero-order valence-corrected chi connectivity index (χ0v) is 12.5. The van der Waals surface area contributed by atoms with Gasteiger partial charge in [0.15, 0.2) is 0 Å². The van der Waals surface area contributed by atoms with Crippen molar-refractivity contribution in [3.05, 3.63) is 59.2 Å². The molecule has 0 aromatic heterocycles. The highest BCUT2D eigenvalue weighted by atomic mass is 16.1. The van der Waals surface area contributed by atoms with Crippen molar-refractivity contribution in [3.63, 3.8) is 0 Å². The van der Waals surface area contributed by atoms with Crippen LogP contribution in [0.2, 0.25) is 0 Å². The Morgan fingerprint density at radius 1 is 1.14 bits per heavy atom. The lowest BCUT2D eigenvalue weighted by molar-refractivity contribution is 0.100. The molecular formula is C17H21N3O. The highest BCUT2D eigenvalue weighted by molar-refractivity contribution is 5.98. The number of nitrogen functional groups attached to an aromatic ring is 1. The molecule has 0 spiro atoms. The van der Waals surface area contributed by atoms with E-state index in [1.165, 1.54) is 0 Å². The van der Waals surface area contributed by atoms with E-state index < -0.39 is 5.91 Å². The van der Waals surface area contributed by atoms with Crippen LogP contribution < -0.4 is 16.4 Å². The Bertz CT molecular complexity index is 635. The van der Waals surface area contributed by atoms with Gasteiger partial charge in [-0.3, -0.25) is 4.79 Å². The molecule has 2 rings (SSSR count). The smallest absolute Gasteiger partial charge is 0.250 e. The molecule has 1 amide bonds. The highest BCUT2D eigenvalue weighted by Gasteiger charge is 2.14. The second-order valence-electron chi connectivity index (χ2n) is 5.14. The van der Waals surface area contributed by atoms with Crippen LogP contribution >= 0.6 is 0 Å². The van der Waals surface area contributed by atoms with Crippen molar-refractivity contribution in [1.29, 1.82) is 0 Å². The number of nitrogens with zero attached hydrogens (tertiary/aromatic N) is 1. The summed E-state index contributed by atoms with van der Waals surface area (Å²) < 4.78 is 0. The summed E-state index contributed by atoms with van der Waals surface area (Å²) >= 11 is 0. The van der Waals surface area contributed by atoms with E-state index in [9.17, 15) is 4.79 Å². The van der Waals surface area contributed by atoms with Crippen molar-refractivity contribution in [1.82, 2.24) is 0 Å². The monoisotopic (exact) mass is 283 g/mol. The van der Waals surface area contributed by atoms with E-state index >= 15 is 0 Å². The van der Waals surface area contributed by atoms with Crippen LogP contribution in [0.1, 0.15) is 28.4 Å². The molecule has 0 fully saturated rings. The largest absolute Gasteiger partial charge is 0.399 e. The van der Waals surface area contributed by atoms with Gasteiger partial charge < -0.3 is 16.4 Å². The van der Waals surface area contributed by atoms with Crippen LogP contribution in [0.15, 0.2) is 42.5 Å². The molecule has 0 aliphatic rings. The fourth-order valence-electron chi connectivity index (χ4n) is 2.32. The van der Waals surface area contributed by atoms with Crippen molar-refractivity contribution in [3.8, 4) is 0 Å². The molecule has 21 heavy (non-hydrogen) atoms. The van der Waals surface area contributed by atoms with E-state index in [2.05, 4.69) is 11.8 Å². The maximum atomic E-state index is 11.6. The van der Waals surface area contributed by atoms with Crippen LogP contribution in [0, 0.1) is 6.92 Å². The minimum atomic E-state index is -0.402. The number of anilines is 2. The predicted octanol–water partition coefficient (Wildman–Crippen LogP) is 2.70. The fraction of sp³-hybridized carbons (Fsp3) is 0.235. The van der Waals surface area contributed by atoms with E-state index in [0.29, 0.717) is 12.1 Å². The first-order valence-corrected chi connectivity index (χ1v) is 7.01. The molecule has 0 heterocycles. The molecule has 110 valence electrons. The molecule has 4 nitrogen and oxygen atoms in total. The standard InChI is InChI=1S/C17H21N3O/c1-3-20(11-13-5-7-14(18)8-6-13)16-10-12(2)4-9-15(16)17(19)21/h4-10H,3,11,18H2,1-2H3,(H2,19,21). The first-order chi connectivity index (χ1) is 10.0. The number of aryl methyl sites for hydroxylation is 1. The van der Waals surface area contributed by atoms with Crippen molar-refractivity contribution in [2.24, 2.45) is 5.73 Å². The van der Waals surface area contributed by atoms with E-state index in [4.69, 9.17) is 11.5 Å². The molecule has 0 atom stereocenters. The number of hydrogen-bond acceptors (Lipinski definition) is 3. The van der Waals surface area contributed by atoms with Gasteiger partial charge in [-0.2, -0.15) is 0 Å². The van der Waals surface area contributed by atoms with Crippen LogP contribution in [0.4, 0.5) is 11.4 Å². The molecule has 0 unspecified atom stereocenters. The van der Waals surface area contributed by atoms with Gasteiger partial charge in [-0.25, -0.2) is 0 Å². The maximum absolute atomic E-state index is 11.6.